The summed E-state index contributed by atoms with van der Waals surface area (Å²) in [7, 11) is 1.78. The molecule has 0 aliphatic carbocycles. The number of thiophene rings is 1. The van der Waals surface area contributed by atoms with Crippen molar-refractivity contribution < 1.29 is 4.79 Å². The van der Waals surface area contributed by atoms with Gasteiger partial charge in [0.25, 0.3) is 5.91 Å². The molecule has 1 amide bonds. The van der Waals surface area contributed by atoms with Crippen molar-refractivity contribution in [3.8, 4) is 0 Å². The normalized spacial score (nSPS) is 10.4. The van der Waals surface area contributed by atoms with Gasteiger partial charge in [-0.1, -0.05) is 0 Å². The van der Waals surface area contributed by atoms with Gasteiger partial charge >= 0.3 is 0 Å². The Morgan fingerprint density at radius 3 is 3.06 bits per heavy atom. The molecule has 0 atom stereocenters. The van der Waals surface area contributed by atoms with Crippen LogP contribution in [0.1, 0.15) is 15.9 Å². The summed E-state index contributed by atoms with van der Waals surface area (Å²) in [5.41, 5.74) is 1.70. The van der Waals surface area contributed by atoms with Gasteiger partial charge in [-0.2, -0.15) is 5.10 Å². The number of hydrogen-bond donors (Lipinski definition) is 1. The number of nitrogens with zero attached hydrogens (tertiary/aromatic N) is 2. The molecule has 16 heavy (non-hydrogen) atoms. The highest BCUT2D eigenvalue weighted by Crippen LogP contribution is 2.21. The first-order chi connectivity index (χ1) is 7.66. The lowest BCUT2D eigenvalue weighted by molar-refractivity contribution is 0.0785. The van der Waals surface area contributed by atoms with Crippen molar-refractivity contribution in [1.29, 1.82) is 0 Å². The van der Waals surface area contributed by atoms with Crippen LogP contribution in [0.15, 0.2) is 27.6 Å². The second-order valence-corrected chi connectivity index (χ2v) is 5.70. The molecule has 0 radical (unpaired) electrons. The van der Waals surface area contributed by atoms with E-state index in [4.69, 9.17) is 0 Å². The van der Waals surface area contributed by atoms with E-state index in [2.05, 4.69) is 26.1 Å². The zero-order chi connectivity index (χ0) is 11.5. The molecule has 2 rings (SSSR count). The number of aromatic amines is 1. The zero-order valence-corrected chi connectivity index (χ0v) is 11.0. The van der Waals surface area contributed by atoms with E-state index in [1.54, 1.807) is 29.5 Å². The quantitative estimate of drug-likeness (QED) is 0.947. The van der Waals surface area contributed by atoms with Crippen LogP contribution in [-0.2, 0) is 6.54 Å². The summed E-state index contributed by atoms with van der Waals surface area (Å²) in [5, 5.41) is 8.42. The Morgan fingerprint density at radius 2 is 2.50 bits per heavy atom. The lowest BCUT2D eigenvalue weighted by atomic mass is 10.3. The van der Waals surface area contributed by atoms with E-state index in [-0.39, 0.29) is 5.91 Å². The zero-order valence-electron chi connectivity index (χ0n) is 8.61. The molecule has 0 saturated carbocycles. The Labute approximate surface area is 105 Å². The van der Waals surface area contributed by atoms with Crippen molar-refractivity contribution >= 4 is 33.2 Å². The van der Waals surface area contributed by atoms with Crippen LogP contribution in [-0.4, -0.2) is 28.1 Å². The lowest BCUT2D eigenvalue weighted by Crippen LogP contribution is -2.25. The van der Waals surface area contributed by atoms with E-state index >= 15 is 0 Å². The second-order valence-electron chi connectivity index (χ2n) is 3.41. The molecule has 0 aromatic carbocycles. The number of aromatic nitrogens is 2. The van der Waals surface area contributed by atoms with Gasteiger partial charge in [-0.25, -0.2) is 0 Å². The lowest BCUT2D eigenvalue weighted by Gasteiger charge is -2.14. The third-order valence-electron chi connectivity index (χ3n) is 2.13. The van der Waals surface area contributed by atoms with Gasteiger partial charge < -0.3 is 4.90 Å². The van der Waals surface area contributed by atoms with Gasteiger partial charge in [0, 0.05) is 19.8 Å². The van der Waals surface area contributed by atoms with Crippen LogP contribution in [0.3, 0.4) is 0 Å². The molecule has 0 saturated heterocycles. The van der Waals surface area contributed by atoms with Crippen LogP contribution in [0.5, 0.6) is 0 Å². The predicted octanol–water partition coefficient (Wildman–Crippen LogP) is 2.51. The highest BCUT2D eigenvalue weighted by molar-refractivity contribution is 9.11. The Bertz CT molecular complexity index is 480. The molecule has 4 nitrogen and oxygen atoms in total. The van der Waals surface area contributed by atoms with Crippen molar-refractivity contribution in [3.05, 3.63) is 38.8 Å². The number of nitrogens with one attached hydrogen (secondary N) is 1. The highest BCUT2D eigenvalue weighted by Gasteiger charge is 2.13. The first kappa shape index (κ1) is 11.3. The van der Waals surface area contributed by atoms with Crippen molar-refractivity contribution in [2.75, 3.05) is 7.05 Å². The minimum Gasteiger partial charge on any atom is -0.337 e. The van der Waals surface area contributed by atoms with E-state index in [0.29, 0.717) is 12.1 Å². The fraction of sp³-hybridized carbons (Fsp3) is 0.200. The molecule has 2 aromatic rings. The smallest absolute Gasteiger partial charge is 0.257 e. The number of halogens is 1. The molecular formula is C10H10BrN3OS. The predicted molar refractivity (Wildman–Crippen MR) is 66.4 cm³/mol. The maximum atomic E-state index is 11.9. The molecule has 0 aliphatic rings. The standard InChI is InChI=1S/C10H10BrN3OS/c1-14(5-7-2-9(11)16-6-7)10(15)8-3-12-13-4-8/h2-4,6H,5H2,1H3,(H,12,13). The third kappa shape index (κ3) is 2.51. The first-order valence-electron chi connectivity index (χ1n) is 4.64. The molecule has 0 fully saturated rings. The molecule has 84 valence electrons. The van der Waals surface area contributed by atoms with Gasteiger partial charge in [0.05, 0.1) is 15.5 Å². The number of carbonyl (C=O) groups is 1. The van der Waals surface area contributed by atoms with Crippen molar-refractivity contribution in [2.24, 2.45) is 0 Å². The van der Waals surface area contributed by atoms with Gasteiger partial charge in [0.2, 0.25) is 0 Å². The summed E-state index contributed by atoms with van der Waals surface area (Å²) in [5.74, 6) is -0.0314. The van der Waals surface area contributed by atoms with Crippen LogP contribution in [0, 0.1) is 0 Å². The van der Waals surface area contributed by atoms with Crippen molar-refractivity contribution in [1.82, 2.24) is 15.1 Å². The molecule has 0 bridgehead atoms. The number of carbonyl (C=O) groups excluding carboxylic acids is 1. The summed E-state index contributed by atoms with van der Waals surface area (Å²) >= 11 is 5.01. The van der Waals surface area contributed by atoms with E-state index in [1.165, 1.54) is 6.20 Å². The van der Waals surface area contributed by atoms with E-state index < -0.39 is 0 Å². The fourth-order valence-electron chi connectivity index (χ4n) is 1.36. The van der Waals surface area contributed by atoms with Gasteiger partial charge in [-0.05, 0) is 32.9 Å². The Morgan fingerprint density at radius 1 is 1.69 bits per heavy atom. The number of hydrogen-bond acceptors (Lipinski definition) is 3. The van der Waals surface area contributed by atoms with Crippen LogP contribution in [0.2, 0.25) is 0 Å². The maximum Gasteiger partial charge on any atom is 0.257 e. The van der Waals surface area contributed by atoms with Crippen LogP contribution < -0.4 is 0 Å². The topological polar surface area (TPSA) is 49.0 Å². The largest absolute Gasteiger partial charge is 0.337 e. The molecule has 1 N–H and O–H groups in total. The average Bonchev–Trinajstić information content (AvgIpc) is 2.88. The Hall–Kier alpha value is -1.14. The first-order valence-corrected chi connectivity index (χ1v) is 6.31. The van der Waals surface area contributed by atoms with Gasteiger partial charge in [0.1, 0.15) is 0 Å². The van der Waals surface area contributed by atoms with E-state index in [1.807, 2.05) is 11.4 Å². The van der Waals surface area contributed by atoms with Gasteiger partial charge in [-0.3, -0.25) is 9.89 Å². The highest BCUT2D eigenvalue weighted by atomic mass is 79.9. The molecular weight excluding hydrogens is 290 g/mol. The van der Waals surface area contributed by atoms with E-state index in [9.17, 15) is 4.79 Å². The van der Waals surface area contributed by atoms with Crippen LogP contribution >= 0.6 is 27.3 Å². The summed E-state index contributed by atoms with van der Waals surface area (Å²) in [4.78, 5) is 13.5. The molecule has 2 heterocycles. The number of H-pyrrole nitrogens is 1. The van der Waals surface area contributed by atoms with Crippen LogP contribution in [0.25, 0.3) is 0 Å². The summed E-state index contributed by atoms with van der Waals surface area (Å²) < 4.78 is 1.08. The number of rotatable bonds is 3. The fourth-order valence-corrected chi connectivity index (χ4v) is 2.56. The SMILES string of the molecule is CN(Cc1csc(Br)c1)C(=O)c1cn[nH]c1. The maximum absolute atomic E-state index is 11.9. The van der Waals surface area contributed by atoms with Crippen molar-refractivity contribution in [3.63, 3.8) is 0 Å². The molecule has 0 aliphatic heterocycles. The summed E-state index contributed by atoms with van der Waals surface area (Å²) in [6.45, 7) is 0.603. The van der Waals surface area contributed by atoms with Gasteiger partial charge in [-0.15, -0.1) is 11.3 Å². The molecule has 0 unspecified atom stereocenters. The molecule has 0 spiro atoms. The monoisotopic (exact) mass is 299 g/mol. The second kappa shape index (κ2) is 4.80. The minimum absolute atomic E-state index is 0.0314. The van der Waals surface area contributed by atoms with Crippen LogP contribution in [0.4, 0.5) is 0 Å². The Kier molecular flexibility index (Phi) is 3.40. The van der Waals surface area contributed by atoms with Crippen molar-refractivity contribution in [2.45, 2.75) is 6.54 Å². The minimum atomic E-state index is -0.0314. The summed E-state index contributed by atoms with van der Waals surface area (Å²) in [6.07, 6.45) is 3.13. The molecule has 2 aromatic heterocycles. The third-order valence-corrected chi connectivity index (χ3v) is 3.69. The molecule has 6 heteroatoms. The average molecular weight is 300 g/mol. The van der Waals surface area contributed by atoms with Gasteiger partial charge in [0.15, 0.2) is 0 Å². The summed E-state index contributed by atoms with van der Waals surface area (Å²) in [6, 6.07) is 2.02. The Balaban J connectivity index is 2.03. The van der Waals surface area contributed by atoms with E-state index in [0.717, 1.165) is 9.35 Å². The number of amides is 1.